The monoisotopic (exact) mass is 286 g/mol. The Labute approximate surface area is 112 Å². The second-order valence-corrected chi connectivity index (χ2v) is 5.59. The molecule has 8 heteroatoms. The largest absolute Gasteiger partial charge is 0.365 e. The van der Waals surface area contributed by atoms with Gasteiger partial charge in [-0.2, -0.15) is 0 Å². The molecule has 0 radical (unpaired) electrons. The molecule has 0 saturated carbocycles. The van der Waals surface area contributed by atoms with E-state index in [0.717, 1.165) is 12.1 Å². The molecule has 96 valence electrons. The Hall–Kier alpha value is -1.60. The minimum Gasteiger partial charge on any atom is -0.365 e. The van der Waals surface area contributed by atoms with Crippen molar-refractivity contribution in [1.29, 1.82) is 0 Å². The standard InChI is InChI=1S/C10H11ClN4O2S/c11-7-2-1-6(18-7)5-3-4(8(12)16)9(14-5)15-10(13)17/h2-3,6,14H,1H2,(H2,12,16)(H3,13,15,17). The lowest BCUT2D eigenvalue weighted by molar-refractivity contribution is 0.100. The average Bonchev–Trinajstić information content (AvgIpc) is 2.83. The number of urea groups is 1. The summed E-state index contributed by atoms with van der Waals surface area (Å²) in [5.74, 6) is -0.420. The number of primary amides is 2. The SMILES string of the molecule is NC(=O)Nc1[nH]c(C2CC=C(Cl)S2)cc1C(N)=O. The van der Waals surface area contributed by atoms with Crippen LogP contribution in [-0.2, 0) is 0 Å². The van der Waals surface area contributed by atoms with Gasteiger partial charge in [-0.3, -0.25) is 10.1 Å². The van der Waals surface area contributed by atoms with Crippen LogP contribution >= 0.6 is 23.4 Å². The van der Waals surface area contributed by atoms with Crippen molar-refractivity contribution < 1.29 is 9.59 Å². The normalized spacial score (nSPS) is 18.5. The van der Waals surface area contributed by atoms with Crippen LogP contribution in [0.5, 0.6) is 0 Å². The Balaban J connectivity index is 2.28. The van der Waals surface area contributed by atoms with Crippen molar-refractivity contribution in [3.8, 4) is 0 Å². The van der Waals surface area contributed by atoms with E-state index in [4.69, 9.17) is 23.1 Å². The van der Waals surface area contributed by atoms with E-state index in [1.807, 2.05) is 6.08 Å². The highest BCUT2D eigenvalue weighted by molar-refractivity contribution is 8.05. The second kappa shape index (κ2) is 4.95. The fourth-order valence-corrected chi connectivity index (χ4v) is 3.01. The van der Waals surface area contributed by atoms with Gasteiger partial charge in [0.05, 0.1) is 15.2 Å². The third-order valence-corrected chi connectivity index (χ3v) is 3.99. The molecule has 2 rings (SSSR count). The van der Waals surface area contributed by atoms with Crippen molar-refractivity contribution in [2.45, 2.75) is 11.7 Å². The summed E-state index contributed by atoms with van der Waals surface area (Å²) in [6.45, 7) is 0. The van der Waals surface area contributed by atoms with E-state index in [2.05, 4.69) is 10.3 Å². The minimum atomic E-state index is -0.763. The van der Waals surface area contributed by atoms with Crippen LogP contribution in [0.1, 0.15) is 27.7 Å². The number of aromatic amines is 1. The van der Waals surface area contributed by atoms with Gasteiger partial charge >= 0.3 is 6.03 Å². The molecule has 1 unspecified atom stereocenters. The van der Waals surface area contributed by atoms with E-state index in [9.17, 15) is 9.59 Å². The van der Waals surface area contributed by atoms with Crippen LogP contribution in [0.15, 0.2) is 16.5 Å². The number of amides is 3. The van der Waals surface area contributed by atoms with Crippen molar-refractivity contribution in [1.82, 2.24) is 4.98 Å². The van der Waals surface area contributed by atoms with Gasteiger partial charge in [0.15, 0.2) is 0 Å². The molecule has 0 fully saturated rings. The van der Waals surface area contributed by atoms with Gasteiger partial charge in [-0.1, -0.05) is 17.7 Å². The fourth-order valence-electron chi connectivity index (χ4n) is 1.69. The predicted molar refractivity (Wildman–Crippen MR) is 71.4 cm³/mol. The number of nitrogens with one attached hydrogen (secondary N) is 2. The van der Waals surface area contributed by atoms with E-state index >= 15 is 0 Å². The summed E-state index contributed by atoms with van der Waals surface area (Å²) in [6.07, 6.45) is 2.64. The highest BCUT2D eigenvalue weighted by Gasteiger charge is 2.23. The number of anilines is 1. The zero-order valence-corrected chi connectivity index (χ0v) is 10.8. The van der Waals surface area contributed by atoms with Crippen LogP contribution in [-0.4, -0.2) is 16.9 Å². The van der Waals surface area contributed by atoms with Crippen LogP contribution in [0.2, 0.25) is 0 Å². The third-order valence-electron chi connectivity index (χ3n) is 2.45. The fraction of sp³-hybridized carbons (Fsp3) is 0.200. The maximum absolute atomic E-state index is 11.3. The van der Waals surface area contributed by atoms with Crippen LogP contribution in [0.25, 0.3) is 0 Å². The molecule has 18 heavy (non-hydrogen) atoms. The summed E-state index contributed by atoms with van der Waals surface area (Å²) in [5.41, 5.74) is 11.2. The molecular formula is C10H11ClN4O2S. The molecule has 3 amide bonds. The molecule has 6 nitrogen and oxygen atoms in total. The number of carbonyl (C=O) groups is 2. The van der Waals surface area contributed by atoms with Crippen molar-refractivity contribution >= 4 is 41.1 Å². The molecular weight excluding hydrogens is 276 g/mol. The van der Waals surface area contributed by atoms with Gasteiger partial charge in [-0.25, -0.2) is 4.79 Å². The zero-order valence-electron chi connectivity index (χ0n) is 9.20. The van der Waals surface area contributed by atoms with Gasteiger partial charge in [0, 0.05) is 5.69 Å². The molecule has 1 aromatic heterocycles. The van der Waals surface area contributed by atoms with E-state index in [0.29, 0.717) is 4.36 Å². The molecule has 0 saturated heterocycles. The zero-order chi connectivity index (χ0) is 13.3. The summed E-state index contributed by atoms with van der Waals surface area (Å²) >= 11 is 7.35. The van der Waals surface area contributed by atoms with Gasteiger partial charge in [0.25, 0.3) is 5.91 Å². The van der Waals surface area contributed by atoms with Crippen LogP contribution in [0, 0.1) is 0 Å². The molecule has 0 bridgehead atoms. The van der Waals surface area contributed by atoms with Crippen molar-refractivity contribution in [2.75, 3.05) is 5.32 Å². The predicted octanol–water partition coefficient (Wildman–Crippen LogP) is 1.86. The topological polar surface area (TPSA) is 114 Å². The Morgan fingerprint density at radius 1 is 1.50 bits per heavy atom. The molecule has 1 atom stereocenters. The van der Waals surface area contributed by atoms with Gasteiger partial charge < -0.3 is 16.5 Å². The smallest absolute Gasteiger partial charge is 0.317 e. The number of aromatic nitrogens is 1. The summed E-state index contributed by atoms with van der Waals surface area (Å²) in [7, 11) is 0. The molecule has 0 aromatic carbocycles. The molecule has 2 heterocycles. The van der Waals surface area contributed by atoms with Crippen molar-refractivity contribution in [2.24, 2.45) is 11.5 Å². The van der Waals surface area contributed by atoms with Gasteiger partial charge in [-0.05, 0) is 12.5 Å². The number of hydrogen-bond acceptors (Lipinski definition) is 3. The second-order valence-electron chi connectivity index (χ2n) is 3.72. The third kappa shape index (κ3) is 2.62. The number of halogens is 1. The number of rotatable bonds is 3. The lowest BCUT2D eigenvalue weighted by Gasteiger charge is -2.05. The number of thioether (sulfide) groups is 1. The van der Waals surface area contributed by atoms with E-state index in [1.165, 1.54) is 11.8 Å². The van der Waals surface area contributed by atoms with E-state index in [-0.39, 0.29) is 16.6 Å². The molecule has 6 N–H and O–H groups in total. The number of hydrogen-bond donors (Lipinski definition) is 4. The summed E-state index contributed by atoms with van der Waals surface area (Å²) in [6, 6.07) is 0.843. The average molecular weight is 287 g/mol. The Kier molecular flexibility index (Phi) is 3.53. The molecule has 0 spiro atoms. The van der Waals surface area contributed by atoms with Gasteiger partial charge in [-0.15, -0.1) is 11.8 Å². The molecule has 1 aliphatic heterocycles. The summed E-state index contributed by atoms with van der Waals surface area (Å²) in [5, 5.41) is 2.42. The Morgan fingerprint density at radius 2 is 2.22 bits per heavy atom. The first-order valence-corrected chi connectivity index (χ1v) is 6.34. The quantitative estimate of drug-likeness (QED) is 0.680. The Morgan fingerprint density at radius 3 is 2.72 bits per heavy atom. The first-order chi connectivity index (χ1) is 8.47. The summed E-state index contributed by atoms with van der Waals surface area (Å²) < 4.78 is 0.708. The van der Waals surface area contributed by atoms with Gasteiger partial charge in [0.2, 0.25) is 0 Å². The summed E-state index contributed by atoms with van der Waals surface area (Å²) in [4.78, 5) is 25.0. The first kappa shape index (κ1) is 12.8. The first-order valence-electron chi connectivity index (χ1n) is 5.09. The van der Waals surface area contributed by atoms with E-state index < -0.39 is 11.9 Å². The minimum absolute atomic E-state index is 0.0824. The molecule has 0 aliphatic carbocycles. The van der Waals surface area contributed by atoms with Crippen LogP contribution in [0.3, 0.4) is 0 Å². The maximum Gasteiger partial charge on any atom is 0.317 e. The van der Waals surface area contributed by atoms with E-state index in [1.54, 1.807) is 6.07 Å². The molecule has 1 aliphatic rings. The highest BCUT2D eigenvalue weighted by Crippen LogP contribution is 2.45. The van der Waals surface area contributed by atoms with Crippen molar-refractivity contribution in [3.63, 3.8) is 0 Å². The lowest BCUT2D eigenvalue weighted by Crippen LogP contribution is -2.22. The van der Waals surface area contributed by atoms with Crippen molar-refractivity contribution in [3.05, 3.63) is 27.8 Å². The van der Waals surface area contributed by atoms with Crippen LogP contribution in [0.4, 0.5) is 10.6 Å². The number of allylic oxidation sites excluding steroid dienone is 1. The highest BCUT2D eigenvalue weighted by atomic mass is 35.5. The van der Waals surface area contributed by atoms with Gasteiger partial charge in [0.1, 0.15) is 5.82 Å². The number of nitrogens with two attached hydrogens (primary N) is 2. The number of carbonyl (C=O) groups excluding carboxylic acids is 2. The van der Waals surface area contributed by atoms with Crippen LogP contribution < -0.4 is 16.8 Å². The maximum atomic E-state index is 11.3. The Bertz CT molecular complexity index is 540. The molecule has 1 aromatic rings. The number of H-pyrrole nitrogens is 1. The lowest BCUT2D eigenvalue weighted by atomic mass is 10.2.